The number of aliphatic hydroxyl groups excluding tert-OH is 1. The van der Waals surface area contributed by atoms with Gasteiger partial charge in [0, 0.05) is 26.1 Å². The van der Waals surface area contributed by atoms with E-state index in [0.29, 0.717) is 5.56 Å². The molecule has 0 unspecified atom stereocenters. The van der Waals surface area contributed by atoms with Gasteiger partial charge in [-0.3, -0.25) is 19.0 Å². The standard InChI is InChI=1S/C20H21FN6O5.C4H11NO/c1-10-25-26-17(32-10)16(30)24-20(2,3)19-23-13(14(28)18(31)27(19)4)15(29)22-9-11-5-7-12(21)8-6-11;1-4(2,5)3-6/h5-8,28H,9H2,1-4H3,(H,22,29)(H,24,30);6H,3,5H2,1-2H3. The summed E-state index contributed by atoms with van der Waals surface area (Å²) in [6.45, 7) is 8.23. The third-order valence-corrected chi connectivity index (χ3v) is 4.96. The Bertz CT molecular complexity index is 1340. The summed E-state index contributed by atoms with van der Waals surface area (Å²) >= 11 is 0. The fraction of sp³-hybridized carbons (Fsp3) is 0.417. The summed E-state index contributed by atoms with van der Waals surface area (Å²) in [5, 5.41) is 30.8. The average Bonchev–Trinajstić information content (AvgIpc) is 3.28. The van der Waals surface area contributed by atoms with E-state index in [9.17, 15) is 23.9 Å². The molecule has 0 saturated heterocycles. The van der Waals surface area contributed by atoms with Gasteiger partial charge in [-0.1, -0.05) is 12.1 Å². The minimum Gasteiger partial charge on any atom is -0.501 e. The molecule has 3 rings (SSSR count). The van der Waals surface area contributed by atoms with Gasteiger partial charge in [0.15, 0.2) is 5.69 Å². The Balaban J connectivity index is 0.000000757. The number of nitrogens with zero attached hydrogens (tertiary/aromatic N) is 4. The van der Waals surface area contributed by atoms with E-state index in [2.05, 4.69) is 25.8 Å². The molecule has 14 heteroatoms. The molecule has 0 aliphatic heterocycles. The summed E-state index contributed by atoms with van der Waals surface area (Å²) < 4.78 is 19.1. The second-order valence-electron chi connectivity index (χ2n) is 9.66. The van der Waals surface area contributed by atoms with E-state index in [1.807, 2.05) is 0 Å². The average molecular weight is 534 g/mol. The molecule has 13 nitrogen and oxygen atoms in total. The van der Waals surface area contributed by atoms with Crippen LogP contribution >= 0.6 is 0 Å². The van der Waals surface area contributed by atoms with Crippen LogP contribution in [0.15, 0.2) is 33.5 Å². The lowest BCUT2D eigenvalue weighted by Crippen LogP contribution is -2.46. The Morgan fingerprint density at radius 1 is 1.13 bits per heavy atom. The van der Waals surface area contributed by atoms with Crippen molar-refractivity contribution in [2.24, 2.45) is 12.8 Å². The van der Waals surface area contributed by atoms with E-state index in [4.69, 9.17) is 15.3 Å². The lowest BCUT2D eigenvalue weighted by molar-refractivity contribution is 0.0869. The predicted octanol–water partition coefficient (Wildman–Crippen LogP) is 0.628. The Morgan fingerprint density at radius 2 is 1.71 bits per heavy atom. The maximum Gasteiger partial charge on any atom is 0.309 e. The van der Waals surface area contributed by atoms with Crippen molar-refractivity contribution in [3.63, 3.8) is 0 Å². The number of benzene rings is 1. The van der Waals surface area contributed by atoms with Crippen molar-refractivity contribution in [2.45, 2.75) is 52.2 Å². The second kappa shape index (κ2) is 11.9. The predicted molar refractivity (Wildman–Crippen MR) is 134 cm³/mol. The Kier molecular flexibility index (Phi) is 9.43. The van der Waals surface area contributed by atoms with Crippen LogP contribution in [0.2, 0.25) is 0 Å². The van der Waals surface area contributed by atoms with E-state index in [0.717, 1.165) is 4.57 Å². The van der Waals surface area contributed by atoms with Gasteiger partial charge in [-0.05, 0) is 45.4 Å². The minimum absolute atomic E-state index is 0.00294. The molecule has 38 heavy (non-hydrogen) atoms. The van der Waals surface area contributed by atoms with Crippen molar-refractivity contribution < 1.29 is 28.6 Å². The van der Waals surface area contributed by atoms with Crippen LogP contribution in [0.5, 0.6) is 5.75 Å². The molecule has 6 N–H and O–H groups in total. The minimum atomic E-state index is -1.27. The summed E-state index contributed by atoms with van der Waals surface area (Å²) in [5.41, 5.74) is 2.82. The molecule has 0 fully saturated rings. The molecule has 0 atom stereocenters. The number of halogens is 1. The van der Waals surface area contributed by atoms with Crippen LogP contribution in [0.3, 0.4) is 0 Å². The smallest absolute Gasteiger partial charge is 0.309 e. The Morgan fingerprint density at radius 3 is 2.21 bits per heavy atom. The maximum atomic E-state index is 13.0. The molecule has 3 aromatic rings. The summed E-state index contributed by atoms with van der Waals surface area (Å²) in [7, 11) is 1.34. The largest absolute Gasteiger partial charge is 0.501 e. The summed E-state index contributed by atoms with van der Waals surface area (Å²) in [4.78, 5) is 41.7. The first-order valence-electron chi connectivity index (χ1n) is 11.4. The van der Waals surface area contributed by atoms with E-state index < -0.39 is 45.7 Å². The van der Waals surface area contributed by atoms with Crippen molar-refractivity contribution >= 4 is 11.8 Å². The molecule has 0 saturated carbocycles. The number of carbonyl (C=O) groups excluding carboxylic acids is 2. The van der Waals surface area contributed by atoms with Gasteiger partial charge >= 0.3 is 11.8 Å². The summed E-state index contributed by atoms with van der Waals surface area (Å²) in [6.07, 6.45) is 0. The molecule has 0 bridgehead atoms. The molecular weight excluding hydrogens is 501 g/mol. The van der Waals surface area contributed by atoms with Crippen LogP contribution in [0, 0.1) is 12.7 Å². The lowest BCUT2D eigenvalue weighted by Gasteiger charge is -2.27. The van der Waals surface area contributed by atoms with Gasteiger partial charge < -0.3 is 31.0 Å². The summed E-state index contributed by atoms with van der Waals surface area (Å²) in [5.74, 6) is -2.88. The van der Waals surface area contributed by atoms with Gasteiger partial charge in [-0.25, -0.2) is 9.37 Å². The number of rotatable bonds is 7. The highest BCUT2D eigenvalue weighted by molar-refractivity contribution is 5.94. The molecule has 2 amide bonds. The number of aromatic hydroxyl groups is 1. The number of aromatic nitrogens is 4. The molecule has 0 radical (unpaired) electrons. The molecule has 1 aromatic carbocycles. The highest BCUT2D eigenvalue weighted by Gasteiger charge is 2.32. The van der Waals surface area contributed by atoms with E-state index in [-0.39, 0.29) is 30.8 Å². The number of aryl methyl sites for hydroxylation is 1. The van der Waals surface area contributed by atoms with Crippen LogP contribution in [-0.2, 0) is 19.1 Å². The van der Waals surface area contributed by atoms with Crippen molar-refractivity contribution in [3.8, 4) is 5.75 Å². The number of hydrogen-bond acceptors (Lipinski definition) is 10. The fourth-order valence-corrected chi connectivity index (χ4v) is 2.96. The molecule has 0 aliphatic rings. The van der Waals surface area contributed by atoms with Crippen molar-refractivity contribution in [2.75, 3.05) is 6.61 Å². The van der Waals surface area contributed by atoms with Crippen molar-refractivity contribution in [1.82, 2.24) is 30.4 Å². The fourth-order valence-electron chi connectivity index (χ4n) is 2.96. The third-order valence-electron chi connectivity index (χ3n) is 4.96. The normalized spacial score (nSPS) is 11.4. The van der Waals surface area contributed by atoms with Crippen LogP contribution in [-0.4, -0.2) is 53.9 Å². The molecule has 2 aromatic heterocycles. The first-order valence-corrected chi connectivity index (χ1v) is 11.4. The van der Waals surface area contributed by atoms with Crippen molar-refractivity contribution in [3.05, 3.63) is 69.3 Å². The second-order valence-corrected chi connectivity index (χ2v) is 9.66. The van der Waals surface area contributed by atoms with E-state index in [1.165, 1.54) is 38.2 Å². The number of amides is 2. The monoisotopic (exact) mass is 533 g/mol. The van der Waals surface area contributed by atoms with Crippen LogP contribution in [0.1, 0.15) is 66.1 Å². The quantitative estimate of drug-likeness (QED) is 0.287. The van der Waals surface area contributed by atoms with Gasteiger partial charge in [0.1, 0.15) is 11.6 Å². The first-order chi connectivity index (χ1) is 17.6. The topological polar surface area (TPSA) is 198 Å². The maximum absolute atomic E-state index is 13.0. The number of hydrogen-bond donors (Lipinski definition) is 5. The Labute approximate surface area is 217 Å². The zero-order valence-electron chi connectivity index (χ0n) is 22.0. The Hall–Kier alpha value is -4.17. The van der Waals surface area contributed by atoms with E-state index in [1.54, 1.807) is 27.7 Å². The third kappa shape index (κ3) is 7.91. The molecular formula is C24H32FN7O6. The molecule has 2 heterocycles. The molecule has 0 aliphatic carbocycles. The SMILES string of the molecule is CC(C)(N)CO.Cc1nnc(C(=O)NC(C)(C)c2nc(C(=O)NCc3ccc(F)cc3)c(O)c(=O)n2C)o1. The van der Waals surface area contributed by atoms with Crippen LogP contribution < -0.4 is 21.9 Å². The van der Waals surface area contributed by atoms with Gasteiger partial charge in [-0.2, -0.15) is 0 Å². The number of nitrogens with two attached hydrogens (primary N) is 1. The highest BCUT2D eigenvalue weighted by Crippen LogP contribution is 2.20. The van der Waals surface area contributed by atoms with Gasteiger partial charge in [0.05, 0.1) is 12.1 Å². The lowest BCUT2D eigenvalue weighted by atomic mass is 10.0. The number of nitrogens with one attached hydrogen (secondary N) is 2. The van der Waals surface area contributed by atoms with Gasteiger partial charge in [0.25, 0.3) is 11.5 Å². The number of carbonyl (C=O) groups is 2. The van der Waals surface area contributed by atoms with E-state index >= 15 is 0 Å². The molecule has 0 spiro atoms. The number of aliphatic hydroxyl groups is 1. The van der Waals surface area contributed by atoms with Crippen LogP contribution in [0.25, 0.3) is 0 Å². The highest BCUT2D eigenvalue weighted by atomic mass is 19.1. The van der Waals surface area contributed by atoms with Gasteiger partial charge in [0.2, 0.25) is 11.6 Å². The zero-order valence-corrected chi connectivity index (χ0v) is 22.0. The molecule has 206 valence electrons. The van der Waals surface area contributed by atoms with Crippen molar-refractivity contribution in [1.29, 1.82) is 0 Å². The van der Waals surface area contributed by atoms with Gasteiger partial charge in [-0.15, -0.1) is 10.2 Å². The zero-order chi connectivity index (χ0) is 28.8. The summed E-state index contributed by atoms with van der Waals surface area (Å²) in [6, 6.07) is 5.44. The van der Waals surface area contributed by atoms with Crippen LogP contribution in [0.4, 0.5) is 4.39 Å². The first kappa shape index (κ1) is 30.1.